The number of nitrogens with zero attached hydrogens (tertiary/aromatic N) is 5. The van der Waals surface area contributed by atoms with Crippen LogP contribution in [0.5, 0.6) is 0 Å². The zero-order valence-electron chi connectivity index (χ0n) is 15.8. The predicted molar refractivity (Wildman–Crippen MR) is 94.9 cm³/mol. The molecule has 0 bridgehead atoms. The molecule has 3 aromatic heterocycles. The van der Waals surface area contributed by atoms with E-state index in [0.717, 1.165) is 5.69 Å². The summed E-state index contributed by atoms with van der Waals surface area (Å²) >= 11 is 0. The lowest BCUT2D eigenvalue weighted by atomic mass is 10.1. The first-order valence-electron chi connectivity index (χ1n) is 8.67. The third-order valence-corrected chi connectivity index (χ3v) is 4.06. The molecule has 0 amide bonds. The summed E-state index contributed by atoms with van der Waals surface area (Å²) in [6.45, 7) is 11.5. The van der Waals surface area contributed by atoms with E-state index in [2.05, 4.69) is 15.2 Å². The number of carbonyl (C=O) groups is 1. The Morgan fingerprint density at radius 1 is 1.19 bits per heavy atom. The summed E-state index contributed by atoms with van der Waals surface area (Å²) in [5, 5.41) is 8.78. The van der Waals surface area contributed by atoms with Crippen molar-refractivity contribution in [3.63, 3.8) is 0 Å². The second-order valence-corrected chi connectivity index (χ2v) is 6.90. The molecular weight excluding hydrogens is 334 g/mol. The smallest absolute Gasteiger partial charge is 0.339 e. The van der Waals surface area contributed by atoms with Gasteiger partial charge < -0.3 is 9.26 Å². The molecule has 3 heterocycles. The maximum Gasteiger partial charge on any atom is 0.339 e. The minimum Gasteiger partial charge on any atom is -0.449 e. The minimum absolute atomic E-state index is 0.131. The second-order valence-electron chi connectivity index (χ2n) is 6.90. The average Bonchev–Trinajstić information content (AvgIpc) is 3.19. The Morgan fingerprint density at radius 3 is 2.50 bits per heavy atom. The number of fused-ring (bicyclic) bond motifs is 1. The van der Waals surface area contributed by atoms with Crippen LogP contribution in [-0.2, 0) is 4.74 Å². The van der Waals surface area contributed by atoms with Gasteiger partial charge in [-0.25, -0.2) is 14.5 Å². The highest BCUT2D eigenvalue weighted by atomic mass is 16.6. The Kier molecular flexibility index (Phi) is 4.76. The van der Waals surface area contributed by atoms with Gasteiger partial charge in [-0.1, -0.05) is 19.0 Å². The number of rotatable bonds is 5. The van der Waals surface area contributed by atoms with Gasteiger partial charge in [-0.05, 0) is 39.7 Å². The minimum atomic E-state index is -0.644. The Balaban J connectivity index is 2.01. The quantitative estimate of drug-likeness (QED) is 0.642. The highest BCUT2D eigenvalue weighted by Gasteiger charge is 2.23. The van der Waals surface area contributed by atoms with Crippen molar-refractivity contribution in [2.24, 2.45) is 0 Å². The van der Waals surface area contributed by atoms with Crippen LogP contribution in [0.3, 0.4) is 0 Å². The Bertz CT molecular complexity index is 942. The second kappa shape index (κ2) is 6.86. The van der Waals surface area contributed by atoms with Gasteiger partial charge in [0.2, 0.25) is 0 Å². The Labute approximate surface area is 151 Å². The van der Waals surface area contributed by atoms with Gasteiger partial charge >= 0.3 is 5.97 Å². The predicted octanol–water partition coefficient (Wildman–Crippen LogP) is 3.75. The van der Waals surface area contributed by atoms with Gasteiger partial charge in [0, 0.05) is 11.7 Å². The van der Waals surface area contributed by atoms with Gasteiger partial charge in [0.1, 0.15) is 0 Å². The molecular formula is C18H23N5O3. The van der Waals surface area contributed by atoms with Crippen LogP contribution in [0.25, 0.3) is 11.0 Å². The standard InChI is InChI=1S/C18H23N5O3/c1-9(2)15-7-13(14-8-19-23(10(3)4)16(14)21-15)18(24)25-11(5)17-20-12(6)22-26-17/h7-11H,1-6H3. The number of ether oxygens (including phenoxy) is 1. The molecule has 0 aliphatic rings. The summed E-state index contributed by atoms with van der Waals surface area (Å²) in [5.41, 5.74) is 1.93. The van der Waals surface area contributed by atoms with Gasteiger partial charge in [-0.2, -0.15) is 10.1 Å². The molecule has 8 nitrogen and oxygen atoms in total. The van der Waals surface area contributed by atoms with E-state index in [9.17, 15) is 4.79 Å². The highest BCUT2D eigenvalue weighted by molar-refractivity contribution is 6.02. The van der Waals surface area contributed by atoms with Gasteiger partial charge in [0.25, 0.3) is 5.89 Å². The molecule has 0 saturated heterocycles. The van der Waals surface area contributed by atoms with E-state index in [-0.39, 0.29) is 17.9 Å². The van der Waals surface area contributed by atoms with Gasteiger partial charge in [0.15, 0.2) is 17.6 Å². The van der Waals surface area contributed by atoms with Crippen LogP contribution in [0.1, 0.15) is 80.4 Å². The first kappa shape index (κ1) is 18.0. The van der Waals surface area contributed by atoms with Crippen molar-refractivity contribution in [3.05, 3.63) is 35.2 Å². The van der Waals surface area contributed by atoms with E-state index in [1.165, 1.54) is 0 Å². The average molecular weight is 357 g/mol. The molecule has 0 radical (unpaired) electrons. The number of hydrogen-bond donors (Lipinski definition) is 0. The number of aryl methyl sites for hydroxylation is 1. The summed E-state index contributed by atoms with van der Waals surface area (Å²) in [4.78, 5) is 21.6. The summed E-state index contributed by atoms with van der Waals surface area (Å²) in [7, 11) is 0. The van der Waals surface area contributed by atoms with Crippen molar-refractivity contribution in [2.45, 2.75) is 59.6 Å². The van der Waals surface area contributed by atoms with Crippen LogP contribution >= 0.6 is 0 Å². The monoisotopic (exact) mass is 357 g/mol. The molecule has 1 atom stereocenters. The van der Waals surface area contributed by atoms with Crippen molar-refractivity contribution in [2.75, 3.05) is 0 Å². The van der Waals surface area contributed by atoms with Crippen LogP contribution in [0, 0.1) is 6.92 Å². The van der Waals surface area contributed by atoms with Crippen molar-refractivity contribution >= 4 is 17.0 Å². The van der Waals surface area contributed by atoms with Gasteiger partial charge in [-0.15, -0.1) is 0 Å². The SMILES string of the molecule is Cc1noc(C(C)OC(=O)c2cc(C(C)C)nc3c2cnn3C(C)C)n1. The first-order valence-corrected chi connectivity index (χ1v) is 8.67. The van der Waals surface area contributed by atoms with E-state index in [1.807, 2.05) is 32.4 Å². The fraction of sp³-hybridized carbons (Fsp3) is 0.500. The lowest BCUT2D eigenvalue weighted by molar-refractivity contribution is 0.0267. The van der Waals surface area contributed by atoms with E-state index in [4.69, 9.17) is 14.2 Å². The van der Waals surface area contributed by atoms with Crippen LogP contribution < -0.4 is 0 Å². The largest absolute Gasteiger partial charge is 0.449 e. The molecule has 0 N–H and O–H groups in total. The Hall–Kier alpha value is -2.77. The molecule has 3 rings (SSSR count). The molecule has 0 saturated carbocycles. The number of esters is 1. The molecule has 138 valence electrons. The van der Waals surface area contributed by atoms with Crippen LogP contribution in [-0.4, -0.2) is 30.9 Å². The van der Waals surface area contributed by atoms with Crippen molar-refractivity contribution in [1.29, 1.82) is 0 Å². The van der Waals surface area contributed by atoms with E-state index < -0.39 is 12.1 Å². The zero-order valence-corrected chi connectivity index (χ0v) is 15.8. The first-order chi connectivity index (χ1) is 12.3. The van der Waals surface area contributed by atoms with Crippen molar-refractivity contribution in [3.8, 4) is 0 Å². The van der Waals surface area contributed by atoms with Crippen LogP contribution in [0.15, 0.2) is 16.8 Å². The van der Waals surface area contributed by atoms with E-state index in [0.29, 0.717) is 22.4 Å². The van der Waals surface area contributed by atoms with Crippen molar-refractivity contribution in [1.82, 2.24) is 24.9 Å². The fourth-order valence-electron chi connectivity index (χ4n) is 2.63. The summed E-state index contributed by atoms with van der Waals surface area (Å²) in [5.74, 6) is 0.459. The summed E-state index contributed by atoms with van der Waals surface area (Å²) < 4.78 is 12.4. The van der Waals surface area contributed by atoms with Gasteiger partial charge in [-0.3, -0.25) is 0 Å². The molecule has 0 aliphatic carbocycles. The van der Waals surface area contributed by atoms with E-state index in [1.54, 1.807) is 26.1 Å². The molecule has 3 aromatic rings. The normalized spacial score (nSPS) is 12.9. The number of carbonyl (C=O) groups excluding carboxylic acids is 1. The fourth-order valence-corrected chi connectivity index (χ4v) is 2.63. The molecule has 1 unspecified atom stereocenters. The molecule has 0 aliphatic heterocycles. The molecule has 26 heavy (non-hydrogen) atoms. The van der Waals surface area contributed by atoms with Crippen LogP contribution in [0.2, 0.25) is 0 Å². The highest BCUT2D eigenvalue weighted by Crippen LogP contribution is 2.26. The third kappa shape index (κ3) is 3.31. The lowest BCUT2D eigenvalue weighted by Crippen LogP contribution is -2.12. The lowest BCUT2D eigenvalue weighted by Gasteiger charge is -2.13. The number of aromatic nitrogens is 5. The summed E-state index contributed by atoms with van der Waals surface area (Å²) in [6, 6.07) is 1.90. The molecule has 0 spiro atoms. The zero-order chi connectivity index (χ0) is 19.0. The van der Waals surface area contributed by atoms with E-state index >= 15 is 0 Å². The summed E-state index contributed by atoms with van der Waals surface area (Å²) in [6.07, 6.45) is 1.01. The maximum atomic E-state index is 12.8. The Morgan fingerprint density at radius 2 is 1.92 bits per heavy atom. The number of pyridine rings is 1. The molecule has 0 aromatic carbocycles. The third-order valence-electron chi connectivity index (χ3n) is 4.06. The van der Waals surface area contributed by atoms with Crippen molar-refractivity contribution < 1.29 is 14.1 Å². The maximum absolute atomic E-state index is 12.8. The number of hydrogen-bond acceptors (Lipinski definition) is 7. The molecule has 0 fully saturated rings. The topological polar surface area (TPSA) is 95.9 Å². The molecule has 8 heteroatoms. The van der Waals surface area contributed by atoms with Crippen LogP contribution in [0.4, 0.5) is 0 Å². The van der Waals surface area contributed by atoms with Gasteiger partial charge in [0.05, 0.1) is 17.1 Å².